The van der Waals surface area contributed by atoms with Gasteiger partial charge in [0, 0.05) is 11.4 Å². The fraction of sp³-hybridized carbons (Fsp3) is 0.692. The monoisotopic (exact) mass is 235 g/mol. The molecule has 4 heteroatoms. The first kappa shape index (κ1) is 12.3. The van der Waals surface area contributed by atoms with E-state index in [0.29, 0.717) is 6.01 Å². The highest BCUT2D eigenvalue weighted by Crippen LogP contribution is 2.14. The Bertz CT molecular complexity index is 341. The molecular weight excluding hydrogens is 214 g/mol. The van der Waals surface area contributed by atoms with Crippen LogP contribution in [0, 0.1) is 19.8 Å². The lowest BCUT2D eigenvalue weighted by molar-refractivity contribution is 0.239. The topological polar surface area (TPSA) is 47.0 Å². The van der Waals surface area contributed by atoms with Crippen molar-refractivity contribution in [3.8, 4) is 6.01 Å². The van der Waals surface area contributed by atoms with Crippen molar-refractivity contribution in [1.82, 2.24) is 15.3 Å². The van der Waals surface area contributed by atoms with Gasteiger partial charge in [-0.3, -0.25) is 0 Å². The summed E-state index contributed by atoms with van der Waals surface area (Å²) in [6, 6.07) is 2.48. The second kappa shape index (κ2) is 5.96. The van der Waals surface area contributed by atoms with Crippen molar-refractivity contribution in [3.63, 3.8) is 0 Å². The first-order valence-electron chi connectivity index (χ1n) is 6.40. The largest absolute Gasteiger partial charge is 0.463 e. The van der Waals surface area contributed by atoms with E-state index in [2.05, 4.69) is 15.3 Å². The van der Waals surface area contributed by atoms with E-state index in [9.17, 15) is 0 Å². The molecule has 0 spiro atoms. The fourth-order valence-corrected chi connectivity index (χ4v) is 2.25. The van der Waals surface area contributed by atoms with Crippen LogP contribution < -0.4 is 10.1 Å². The number of aryl methyl sites for hydroxylation is 2. The minimum absolute atomic E-state index is 0.520. The molecule has 1 aromatic rings. The lowest BCUT2D eigenvalue weighted by atomic mass is 9.97. The van der Waals surface area contributed by atoms with Crippen LogP contribution in [0.5, 0.6) is 6.01 Å². The van der Waals surface area contributed by atoms with Gasteiger partial charge in [-0.1, -0.05) is 0 Å². The molecule has 1 unspecified atom stereocenters. The Morgan fingerprint density at radius 1 is 1.35 bits per heavy atom. The van der Waals surface area contributed by atoms with Gasteiger partial charge < -0.3 is 10.1 Å². The summed E-state index contributed by atoms with van der Waals surface area (Å²) in [5.74, 6) is 0.745. The Morgan fingerprint density at radius 2 is 2.12 bits per heavy atom. The van der Waals surface area contributed by atoms with Crippen molar-refractivity contribution in [1.29, 1.82) is 0 Å². The van der Waals surface area contributed by atoms with Gasteiger partial charge in [0.2, 0.25) is 0 Å². The van der Waals surface area contributed by atoms with Crippen molar-refractivity contribution >= 4 is 0 Å². The van der Waals surface area contributed by atoms with Crippen LogP contribution in [0.15, 0.2) is 6.07 Å². The molecule has 1 N–H and O–H groups in total. The van der Waals surface area contributed by atoms with Crippen LogP contribution >= 0.6 is 0 Å². The molecule has 0 amide bonds. The fourth-order valence-electron chi connectivity index (χ4n) is 2.25. The minimum atomic E-state index is 0.520. The third kappa shape index (κ3) is 3.97. The molecule has 2 rings (SSSR count). The van der Waals surface area contributed by atoms with Gasteiger partial charge in [0.25, 0.3) is 0 Å². The van der Waals surface area contributed by atoms with Crippen LogP contribution in [0.1, 0.15) is 30.7 Å². The third-order valence-corrected chi connectivity index (χ3v) is 3.12. The third-order valence-electron chi connectivity index (χ3n) is 3.12. The highest BCUT2D eigenvalue weighted by molar-refractivity contribution is 5.10. The highest BCUT2D eigenvalue weighted by atomic mass is 16.5. The predicted octanol–water partition coefficient (Wildman–Crippen LogP) is 1.86. The summed E-state index contributed by atoms with van der Waals surface area (Å²) in [4.78, 5) is 8.54. The summed E-state index contributed by atoms with van der Waals surface area (Å²) in [5.41, 5.74) is 1.93. The zero-order valence-electron chi connectivity index (χ0n) is 10.7. The Hall–Kier alpha value is -1.16. The molecule has 0 aliphatic carbocycles. The number of hydrogen-bond acceptors (Lipinski definition) is 4. The van der Waals surface area contributed by atoms with Gasteiger partial charge >= 0.3 is 6.01 Å². The van der Waals surface area contributed by atoms with E-state index in [-0.39, 0.29) is 0 Å². The minimum Gasteiger partial charge on any atom is -0.463 e. The zero-order chi connectivity index (χ0) is 12.1. The zero-order valence-corrected chi connectivity index (χ0v) is 10.7. The van der Waals surface area contributed by atoms with Crippen molar-refractivity contribution in [2.45, 2.75) is 33.1 Å². The van der Waals surface area contributed by atoms with E-state index in [1.807, 2.05) is 19.9 Å². The van der Waals surface area contributed by atoms with Gasteiger partial charge in [-0.05, 0) is 58.2 Å². The second-order valence-electron chi connectivity index (χ2n) is 4.78. The van der Waals surface area contributed by atoms with Gasteiger partial charge in [-0.2, -0.15) is 0 Å². The van der Waals surface area contributed by atoms with E-state index in [1.54, 1.807) is 0 Å². The Morgan fingerprint density at radius 3 is 2.76 bits per heavy atom. The normalized spacial score (nSPS) is 20.2. The lowest BCUT2D eigenvalue weighted by Crippen LogP contribution is -2.30. The number of ether oxygens (including phenoxy) is 1. The maximum Gasteiger partial charge on any atom is 0.316 e. The molecule has 1 fully saturated rings. The number of rotatable bonds is 4. The molecule has 0 saturated carbocycles. The van der Waals surface area contributed by atoms with Gasteiger partial charge in [0.1, 0.15) is 0 Å². The number of hydrogen-bond donors (Lipinski definition) is 1. The van der Waals surface area contributed by atoms with Crippen LogP contribution in [0.25, 0.3) is 0 Å². The van der Waals surface area contributed by atoms with Crippen LogP contribution in [0.4, 0.5) is 0 Å². The molecule has 17 heavy (non-hydrogen) atoms. The molecule has 1 aliphatic heterocycles. The standard InChI is InChI=1S/C13H21N3O/c1-10-8-11(2)16-13(15-10)17-7-5-12-4-3-6-14-9-12/h8,12,14H,3-7,9H2,1-2H3. The summed E-state index contributed by atoms with van der Waals surface area (Å²) in [6.45, 7) is 6.93. The molecule has 1 saturated heterocycles. The maximum absolute atomic E-state index is 5.62. The van der Waals surface area contributed by atoms with Crippen LogP contribution in [-0.4, -0.2) is 29.7 Å². The molecule has 0 aromatic carbocycles. The van der Waals surface area contributed by atoms with E-state index < -0.39 is 0 Å². The summed E-state index contributed by atoms with van der Waals surface area (Å²) < 4.78 is 5.62. The summed E-state index contributed by atoms with van der Waals surface area (Å²) in [5, 5.41) is 3.41. The van der Waals surface area contributed by atoms with Crippen LogP contribution in [0.2, 0.25) is 0 Å². The number of nitrogens with one attached hydrogen (secondary N) is 1. The maximum atomic E-state index is 5.62. The molecule has 2 heterocycles. The number of piperidine rings is 1. The second-order valence-corrected chi connectivity index (χ2v) is 4.78. The van der Waals surface area contributed by atoms with Crippen molar-refractivity contribution in [2.75, 3.05) is 19.7 Å². The Balaban J connectivity index is 1.77. The summed E-state index contributed by atoms with van der Waals surface area (Å²) >= 11 is 0. The van der Waals surface area contributed by atoms with Crippen molar-refractivity contribution < 1.29 is 4.74 Å². The molecule has 1 aromatic heterocycles. The van der Waals surface area contributed by atoms with Crippen LogP contribution in [0.3, 0.4) is 0 Å². The molecule has 4 nitrogen and oxygen atoms in total. The molecule has 1 aliphatic rings. The van der Waals surface area contributed by atoms with E-state index in [4.69, 9.17) is 4.74 Å². The van der Waals surface area contributed by atoms with Crippen molar-refractivity contribution in [3.05, 3.63) is 17.5 Å². The van der Waals surface area contributed by atoms with Crippen LogP contribution in [-0.2, 0) is 0 Å². The molecule has 0 radical (unpaired) electrons. The highest BCUT2D eigenvalue weighted by Gasteiger charge is 2.12. The summed E-state index contributed by atoms with van der Waals surface area (Å²) in [7, 11) is 0. The van der Waals surface area contributed by atoms with E-state index >= 15 is 0 Å². The molecule has 1 atom stereocenters. The number of aromatic nitrogens is 2. The van der Waals surface area contributed by atoms with E-state index in [1.165, 1.54) is 12.8 Å². The van der Waals surface area contributed by atoms with Gasteiger partial charge in [0.15, 0.2) is 0 Å². The quantitative estimate of drug-likeness (QED) is 0.865. The Kier molecular flexibility index (Phi) is 4.31. The van der Waals surface area contributed by atoms with Gasteiger partial charge in [-0.15, -0.1) is 0 Å². The Labute approximate surface area is 103 Å². The van der Waals surface area contributed by atoms with E-state index in [0.717, 1.165) is 43.4 Å². The van der Waals surface area contributed by atoms with Crippen molar-refractivity contribution in [2.24, 2.45) is 5.92 Å². The molecule has 94 valence electrons. The summed E-state index contributed by atoms with van der Waals surface area (Å²) in [6.07, 6.45) is 3.68. The lowest BCUT2D eigenvalue weighted by Gasteiger charge is -2.22. The molecular formula is C13H21N3O. The first-order valence-corrected chi connectivity index (χ1v) is 6.40. The van der Waals surface area contributed by atoms with Gasteiger partial charge in [0.05, 0.1) is 6.61 Å². The van der Waals surface area contributed by atoms with Gasteiger partial charge in [-0.25, -0.2) is 9.97 Å². The smallest absolute Gasteiger partial charge is 0.316 e. The average molecular weight is 235 g/mol. The number of nitrogens with zero attached hydrogens (tertiary/aromatic N) is 2. The predicted molar refractivity (Wildman–Crippen MR) is 67.2 cm³/mol. The molecule has 0 bridgehead atoms. The first-order chi connectivity index (χ1) is 8.24. The average Bonchev–Trinajstić information content (AvgIpc) is 2.29. The SMILES string of the molecule is Cc1cc(C)nc(OCCC2CCCNC2)n1.